The molecule has 2 N–H and O–H groups in total. The Morgan fingerprint density at radius 3 is 2.65 bits per heavy atom. The summed E-state index contributed by atoms with van der Waals surface area (Å²) in [5.74, 6) is 1.13. The second-order valence-electron chi connectivity index (χ2n) is 8.20. The lowest BCUT2D eigenvalue weighted by Crippen LogP contribution is -2.61. The van der Waals surface area contributed by atoms with Crippen molar-refractivity contribution in [3.63, 3.8) is 0 Å². The molecule has 0 bridgehead atoms. The number of nitrogens with zero attached hydrogens (tertiary/aromatic N) is 2. The monoisotopic (exact) mass is 379 g/mol. The minimum Gasteiger partial charge on any atom is -0.376 e. The van der Waals surface area contributed by atoms with Crippen LogP contribution in [-0.4, -0.2) is 47.1 Å². The van der Waals surface area contributed by atoms with Crippen LogP contribution < -0.4 is 5.73 Å². The maximum absolute atomic E-state index is 13.0. The summed E-state index contributed by atoms with van der Waals surface area (Å²) < 4.78 is 6.06. The van der Waals surface area contributed by atoms with Crippen molar-refractivity contribution in [3.8, 4) is 0 Å². The van der Waals surface area contributed by atoms with Gasteiger partial charge in [-0.3, -0.25) is 4.79 Å². The van der Waals surface area contributed by atoms with Gasteiger partial charge >= 0.3 is 0 Å². The summed E-state index contributed by atoms with van der Waals surface area (Å²) in [4.78, 5) is 19.4. The van der Waals surface area contributed by atoms with Gasteiger partial charge in [-0.15, -0.1) is 11.3 Å². The standard InChI is InChI=1S/C20H33N3O2S/c1-15(25-14-16-6-4-3-5-7-16)20(2,21)19(24)23-11-8-17(9-12-23)18-22-10-13-26-18/h10,13,15-17H,3-9,11-12,14,21H2,1-2H3/t15-,20+/m1/s1. The second-order valence-corrected chi connectivity index (χ2v) is 9.13. The van der Waals surface area contributed by atoms with Gasteiger partial charge in [-0.25, -0.2) is 4.98 Å². The predicted molar refractivity (Wildman–Crippen MR) is 105 cm³/mol. The number of thiazole rings is 1. The van der Waals surface area contributed by atoms with E-state index in [0.717, 1.165) is 32.5 Å². The number of ether oxygens (including phenoxy) is 1. The number of rotatable bonds is 6. The van der Waals surface area contributed by atoms with Gasteiger partial charge in [-0.1, -0.05) is 19.3 Å². The van der Waals surface area contributed by atoms with Crippen LogP contribution in [0.4, 0.5) is 0 Å². The molecule has 3 rings (SSSR count). The molecule has 1 aliphatic carbocycles. The highest BCUT2D eigenvalue weighted by Crippen LogP contribution is 2.30. The van der Waals surface area contributed by atoms with Crippen LogP contribution in [0.15, 0.2) is 11.6 Å². The maximum Gasteiger partial charge on any atom is 0.245 e. The number of piperidine rings is 1. The van der Waals surface area contributed by atoms with Crippen molar-refractivity contribution < 1.29 is 9.53 Å². The number of likely N-dealkylation sites (tertiary alicyclic amines) is 1. The highest BCUT2D eigenvalue weighted by Gasteiger charge is 2.40. The van der Waals surface area contributed by atoms with E-state index in [1.54, 1.807) is 11.3 Å². The first-order chi connectivity index (χ1) is 12.5. The van der Waals surface area contributed by atoms with E-state index in [1.165, 1.54) is 37.1 Å². The molecule has 2 heterocycles. The molecule has 1 aliphatic heterocycles. The van der Waals surface area contributed by atoms with Crippen LogP contribution >= 0.6 is 11.3 Å². The zero-order valence-corrected chi connectivity index (χ0v) is 17.0. The molecule has 1 aromatic heterocycles. The van der Waals surface area contributed by atoms with Crippen LogP contribution in [0.25, 0.3) is 0 Å². The lowest BCUT2D eigenvalue weighted by Gasteiger charge is -2.39. The first-order valence-electron chi connectivity index (χ1n) is 10.1. The summed E-state index contributed by atoms with van der Waals surface area (Å²) in [5, 5.41) is 3.21. The van der Waals surface area contributed by atoms with Crippen molar-refractivity contribution in [2.24, 2.45) is 11.7 Å². The molecule has 2 fully saturated rings. The van der Waals surface area contributed by atoms with Gasteiger partial charge in [0.2, 0.25) is 5.91 Å². The van der Waals surface area contributed by atoms with Gasteiger partial charge < -0.3 is 15.4 Å². The normalized spacial score (nSPS) is 23.6. The van der Waals surface area contributed by atoms with E-state index in [4.69, 9.17) is 10.5 Å². The maximum atomic E-state index is 13.0. The Hall–Kier alpha value is -0.980. The number of hydrogen-bond donors (Lipinski definition) is 1. The number of aromatic nitrogens is 1. The molecular formula is C20H33N3O2S. The molecule has 2 atom stereocenters. The van der Waals surface area contributed by atoms with Crippen molar-refractivity contribution in [1.82, 2.24) is 9.88 Å². The molecular weight excluding hydrogens is 346 g/mol. The van der Waals surface area contributed by atoms with E-state index in [1.807, 2.05) is 30.3 Å². The minimum atomic E-state index is -0.970. The third-order valence-electron chi connectivity index (χ3n) is 6.19. The molecule has 0 unspecified atom stereocenters. The smallest absolute Gasteiger partial charge is 0.245 e. The molecule has 5 nitrogen and oxygen atoms in total. The van der Waals surface area contributed by atoms with E-state index in [9.17, 15) is 4.79 Å². The van der Waals surface area contributed by atoms with Crippen LogP contribution in [0.2, 0.25) is 0 Å². The number of amides is 1. The van der Waals surface area contributed by atoms with Gasteiger partial charge in [0, 0.05) is 37.2 Å². The third kappa shape index (κ3) is 4.65. The average molecular weight is 380 g/mol. The summed E-state index contributed by atoms with van der Waals surface area (Å²) in [6.07, 6.45) is 9.95. The Kier molecular flexibility index (Phi) is 6.70. The third-order valence-corrected chi connectivity index (χ3v) is 7.13. The zero-order valence-electron chi connectivity index (χ0n) is 16.2. The predicted octanol–water partition coefficient (Wildman–Crippen LogP) is 3.55. The van der Waals surface area contributed by atoms with Crippen molar-refractivity contribution in [3.05, 3.63) is 16.6 Å². The fraction of sp³-hybridized carbons (Fsp3) is 0.800. The molecule has 1 saturated carbocycles. The molecule has 0 aromatic carbocycles. The van der Waals surface area contributed by atoms with E-state index < -0.39 is 5.54 Å². The molecule has 0 spiro atoms. The molecule has 1 aromatic rings. The van der Waals surface area contributed by atoms with Crippen molar-refractivity contribution >= 4 is 17.2 Å². The number of carbonyl (C=O) groups excluding carboxylic acids is 1. The molecule has 2 aliphatic rings. The van der Waals surface area contributed by atoms with Gasteiger partial charge in [0.25, 0.3) is 0 Å². The highest BCUT2D eigenvalue weighted by molar-refractivity contribution is 7.09. The van der Waals surface area contributed by atoms with Crippen LogP contribution in [0, 0.1) is 5.92 Å². The Bertz CT molecular complexity index is 562. The summed E-state index contributed by atoms with van der Waals surface area (Å²) in [6, 6.07) is 0. The summed E-state index contributed by atoms with van der Waals surface area (Å²) >= 11 is 1.71. The van der Waals surface area contributed by atoms with Gasteiger partial charge in [0.05, 0.1) is 11.1 Å². The van der Waals surface area contributed by atoms with Gasteiger partial charge in [0.1, 0.15) is 5.54 Å². The summed E-state index contributed by atoms with van der Waals surface area (Å²) in [7, 11) is 0. The van der Waals surface area contributed by atoms with Gasteiger partial charge in [0.15, 0.2) is 0 Å². The Labute approximate surface area is 161 Å². The fourth-order valence-electron chi connectivity index (χ4n) is 4.09. The average Bonchev–Trinajstić information content (AvgIpc) is 3.21. The minimum absolute atomic E-state index is 0.0197. The van der Waals surface area contributed by atoms with Gasteiger partial charge in [-0.05, 0) is 45.4 Å². The Balaban J connectivity index is 1.49. The van der Waals surface area contributed by atoms with E-state index >= 15 is 0 Å². The first-order valence-corrected chi connectivity index (χ1v) is 11.0. The lowest BCUT2D eigenvalue weighted by atomic mass is 9.89. The van der Waals surface area contributed by atoms with Crippen LogP contribution in [0.1, 0.15) is 69.7 Å². The first kappa shape index (κ1) is 19.8. The molecule has 0 radical (unpaired) electrons. The second kappa shape index (κ2) is 8.81. The van der Waals surface area contributed by atoms with Crippen LogP contribution in [0.5, 0.6) is 0 Å². The Morgan fingerprint density at radius 1 is 1.35 bits per heavy atom. The Morgan fingerprint density at radius 2 is 2.04 bits per heavy atom. The SMILES string of the molecule is C[C@@H](OCC1CCCCC1)[C@](C)(N)C(=O)N1CCC(c2nccs2)CC1. The van der Waals surface area contributed by atoms with Gasteiger partial charge in [-0.2, -0.15) is 0 Å². The summed E-state index contributed by atoms with van der Waals surface area (Å²) in [6.45, 7) is 6.01. The van der Waals surface area contributed by atoms with Crippen molar-refractivity contribution in [2.75, 3.05) is 19.7 Å². The molecule has 146 valence electrons. The topological polar surface area (TPSA) is 68.5 Å². The van der Waals surface area contributed by atoms with Crippen molar-refractivity contribution in [2.45, 2.75) is 76.4 Å². The van der Waals surface area contributed by atoms with E-state index in [-0.39, 0.29) is 12.0 Å². The molecule has 26 heavy (non-hydrogen) atoms. The summed E-state index contributed by atoms with van der Waals surface area (Å²) in [5.41, 5.74) is 5.48. The lowest BCUT2D eigenvalue weighted by molar-refractivity contribution is -0.143. The molecule has 6 heteroatoms. The molecule has 1 saturated heterocycles. The quantitative estimate of drug-likeness (QED) is 0.821. The van der Waals surface area contributed by atoms with E-state index in [0.29, 0.717) is 11.8 Å². The number of carbonyl (C=O) groups is 1. The molecule has 1 amide bonds. The van der Waals surface area contributed by atoms with E-state index in [2.05, 4.69) is 4.98 Å². The van der Waals surface area contributed by atoms with Crippen LogP contribution in [-0.2, 0) is 9.53 Å². The fourth-order valence-corrected chi connectivity index (χ4v) is 4.90. The zero-order chi connectivity index (χ0) is 18.6. The highest BCUT2D eigenvalue weighted by atomic mass is 32.1. The number of nitrogens with two attached hydrogens (primary N) is 1. The number of hydrogen-bond acceptors (Lipinski definition) is 5. The largest absolute Gasteiger partial charge is 0.376 e. The van der Waals surface area contributed by atoms with Crippen molar-refractivity contribution in [1.29, 1.82) is 0 Å². The van der Waals surface area contributed by atoms with Crippen LogP contribution in [0.3, 0.4) is 0 Å².